The van der Waals surface area contributed by atoms with Gasteiger partial charge in [-0.05, 0) is 24.3 Å². The number of esters is 1. The first-order valence-corrected chi connectivity index (χ1v) is 7.86. The smallest absolute Gasteiger partial charge is 0.418 e. The summed E-state index contributed by atoms with van der Waals surface area (Å²) in [6, 6.07) is 11.2. The minimum atomic E-state index is -4.62. The van der Waals surface area contributed by atoms with Crippen LogP contribution in [0.15, 0.2) is 48.5 Å². The Morgan fingerprint density at radius 3 is 2.48 bits per heavy atom. The van der Waals surface area contributed by atoms with Gasteiger partial charge in [0.25, 0.3) is 5.91 Å². The van der Waals surface area contributed by atoms with Crippen molar-refractivity contribution in [1.29, 1.82) is 0 Å². The number of benzene rings is 2. The van der Waals surface area contributed by atoms with Crippen LogP contribution in [0, 0.1) is 0 Å². The van der Waals surface area contributed by atoms with Gasteiger partial charge in [0, 0.05) is 0 Å². The van der Waals surface area contributed by atoms with Crippen LogP contribution < -0.4 is 14.8 Å². The van der Waals surface area contributed by atoms with Gasteiger partial charge in [-0.15, -0.1) is 0 Å². The van der Waals surface area contributed by atoms with Crippen LogP contribution in [0.1, 0.15) is 5.56 Å². The number of carbonyl (C=O) groups is 2. The van der Waals surface area contributed by atoms with E-state index in [0.29, 0.717) is 11.5 Å². The second kappa shape index (κ2) is 7.56. The molecule has 0 bridgehead atoms. The summed E-state index contributed by atoms with van der Waals surface area (Å²) in [5.41, 5.74) is -1.41. The molecule has 27 heavy (non-hydrogen) atoms. The lowest BCUT2D eigenvalue weighted by Gasteiger charge is -2.24. The average Bonchev–Trinajstić information content (AvgIpc) is 2.65. The van der Waals surface area contributed by atoms with Crippen LogP contribution in [0.3, 0.4) is 0 Å². The summed E-state index contributed by atoms with van der Waals surface area (Å²) >= 11 is 0. The van der Waals surface area contributed by atoms with Gasteiger partial charge in [0.05, 0.1) is 11.3 Å². The zero-order chi connectivity index (χ0) is 19.4. The van der Waals surface area contributed by atoms with Crippen molar-refractivity contribution in [2.24, 2.45) is 0 Å². The molecule has 0 unspecified atom stereocenters. The third-order valence-corrected chi connectivity index (χ3v) is 3.62. The van der Waals surface area contributed by atoms with E-state index < -0.39 is 42.0 Å². The molecule has 9 heteroatoms. The number of carbonyl (C=O) groups excluding carboxylic acids is 2. The van der Waals surface area contributed by atoms with Crippen molar-refractivity contribution >= 4 is 17.6 Å². The summed E-state index contributed by atoms with van der Waals surface area (Å²) in [5, 5.41) is 2.08. The molecular formula is C18H14F3NO5. The van der Waals surface area contributed by atoms with E-state index in [9.17, 15) is 22.8 Å². The maximum absolute atomic E-state index is 12.9. The first-order valence-electron chi connectivity index (χ1n) is 7.86. The molecule has 3 rings (SSSR count). The van der Waals surface area contributed by atoms with Crippen molar-refractivity contribution in [2.45, 2.75) is 12.3 Å². The number of hydrogen-bond donors (Lipinski definition) is 1. The molecule has 6 nitrogen and oxygen atoms in total. The Morgan fingerprint density at radius 1 is 1.07 bits per heavy atom. The molecule has 1 heterocycles. The molecule has 142 valence electrons. The van der Waals surface area contributed by atoms with Crippen LogP contribution in [0.5, 0.6) is 11.5 Å². The number of anilines is 1. The fraction of sp³-hybridized carbons (Fsp3) is 0.222. The molecule has 2 aromatic rings. The Hall–Kier alpha value is -3.23. The highest BCUT2D eigenvalue weighted by atomic mass is 19.4. The minimum absolute atomic E-state index is 0.103. The van der Waals surface area contributed by atoms with Gasteiger partial charge in [0.1, 0.15) is 6.61 Å². The van der Waals surface area contributed by atoms with Crippen LogP contribution >= 0.6 is 0 Å². The molecular weight excluding hydrogens is 367 g/mol. The Bertz CT molecular complexity index is 853. The fourth-order valence-corrected chi connectivity index (χ4v) is 2.39. The molecule has 1 amide bonds. The Kier molecular flexibility index (Phi) is 5.20. The predicted molar refractivity (Wildman–Crippen MR) is 87.4 cm³/mol. The standard InChI is InChI=1S/C18H14F3NO5/c19-18(20,21)11-5-1-2-6-12(11)22-16(23)10-26-17(24)15-9-25-13-7-3-4-8-14(13)27-15/h1-8,15H,9-10H2,(H,22,23)/t15-/m0/s1. The van der Waals surface area contributed by atoms with E-state index in [1.165, 1.54) is 12.1 Å². The van der Waals surface area contributed by atoms with Gasteiger partial charge in [-0.1, -0.05) is 24.3 Å². The molecule has 0 radical (unpaired) electrons. The molecule has 1 aliphatic rings. The van der Waals surface area contributed by atoms with Gasteiger partial charge in [0.2, 0.25) is 6.10 Å². The molecule has 0 saturated heterocycles. The lowest BCUT2D eigenvalue weighted by molar-refractivity contribution is -0.156. The third kappa shape index (κ3) is 4.49. The monoisotopic (exact) mass is 381 g/mol. The van der Waals surface area contributed by atoms with Crippen molar-refractivity contribution < 1.29 is 37.0 Å². The summed E-state index contributed by atoms with van der Waals surface area (Å²) in [6.45, 7) is -0.860. The topological polar surface area (TPSA) is 73.9 Å². The third-order valence-electron chi connectivity index (χ3n) is 3.62. The highest BCUT2D eigenvalue weighted by Crippen LogP contribution is 2.34. The van der Waals surface area contributed by atoms with Crippen molar-refractivity contribution in [3.63, 3.8) is 0 Å². The van der Waals surface area contributed by atoms with E-state index >= 15 is 0 Å². The Labute approximate surface area is 151 Å². The first kappa shape index (κ1) is 18.6. The summed E-state index contributed by atoms with van der Waals surface area (Å²) in [4.78, 5) is 23.9. The van der Waals surface area contributed by atoms with Gasteiger partial charge < -0.3 is 19.5 Å². The van der Waals surface area contributed by atoms with Gasteiger partial charge in [-0.3, -0.25) is 4.79 Å². The molecule has 0 aliphatic carbocycles. The number of rotatable bonds is 4. The van der Waals surface area contributed by atoms with Gasteiger partial charge in [0.15, 0.2) is 18.1 Å². The highest BCUT2D eigenvalue weighted by Gasteiger charge is 2.34. The van der Waals surface area contributed by atoms with E-state index in [4.69, 9.17) is 14.2 Å². The van der Waals surface area contributed by atoms with Crippen molar-refractivity contribution in [2.75, 3.05) is 18.5 Å². The van der Waals surface area contributed by atoms with Crippen molar-refractivity contribution in [3.8, 4) is 11.5 Å². The van der Waals surface area contributed by atoms with E-state index in [-0.39, 0.29) is 6.61 Å². The quantitative estimate of drug-likeness (QED) is 0.825. The average molecular weight is 381 g/mol. The number of nitrogens with one attached hydrogen (secondary N) is 1. The number of alkyl halides is 3. The highest BCUT2D eigenvalue weighted by molar-refractivity contribution is 5.93. The normalized spacial score (nSPS) is 15.7. The fourth-order valence-electron chi connectivity index (χ4n) is 2.39. The number of halogens is 3. The van der Waals surface area contributed by atoms with Gasteiger partial charge >= 0.3 is 12.1 Å². The Morgan fingerprint density at radius 2 is 1.74 bits per heavy atom. The number of hydrogen-bond acceptors (Lipinski definition) is 5. The summed E-state index contributed by atoms with van der Waals surface area (Å²) in [7, 11) is 0. The minimum Gasteiger partial charge on any atom is -0.485 e. The summed E-state index contributed by atoms with van der Waals surface area (Å²) in [5.74, 6) is -0.932. The second-order valence-electron chi connectivity index (χ2n) is 5.56. The van der Waals surface area contributed by atoms with E-state index in [2.05, 4.69) is 5.32 Å². The van der Waals surface area contributed by atoms with Crippen molar-refractivity contribution in [3.05, 3.63) is 54.1 Å². The Balaban J connectivity index is 1.55. The largest absolute Gasteiger partial charge is 0.485 e. The van der Waals surface area contributed by atoms with Crippen LogP contribution in [0.4, 0.5) is 18.9 Å². The van der Waals surface area contributed by atoms with Gasteiger partial charge in [-0.25, -0.2) is 4.79 Å². The van der Waals surface area contributed by atoms with Gasteiger partial charge in [-0.2, -0.15) is 13.2 Å². The molecule has 0 fully saturated rings. The lowest BCUT2D eigenvalue weighted by atomic mass is 10.1. The molecule has 2 aromatic carbocycles. The zero-order valence-electron chi connectivity index (χ0n) is 13.8. The van der Waals surface area contributed by atoms with Crippen molar-refractivity contribution in [1.82, 2.24) is 0 Å². The number of ether oxygens (including phenoxy) is 3. The zero-order valence-corrected chi connectivity index (χ0v) is 13.8. The summed E-state index contributed by atoms with van der Waals surface area (Å²) in [6.07, 6.45) is -5.70. The van der Waals surface area contributed by atoms with Crippen LogP contribution in [0.25, 0.3) is 0 Å². The number of amides is 1. The molecule has 0 spiro atoms. The SMILES string of the molecule is O=C(COC(=O)[C@@H]1COc2ccccc2O1)Nc1ccccc1C(F)(F)F. The molecule has 1 N–H and O–H groups in total. The molecule has 1 atom stereocenters. The van der Waals surface area contributed by atoms with Crippen LogP contribution in [-0.4, -0.2) is 31.2 Å². The number of para-hydroxylation sites is 3. The van der Waals surface area contributed by atoms with E-state index in [0.717, 1.165) is 12.1 Å². The maximum atomic E-state index is 12.9. The lowest BCUT2D eigenvalue weighted by Crippen LogP contribution is -2.39. The maximum Gasteiger partial charge on any atom is 0.418 e. The van der Waals surface area contributed by atoms with E-state index in [1.807, 2.05) is 0 Å². The summed E-state index contributed by atoms with van der Waals surface area (Å²) < 4.78 is 54.3. The molecule has 0 saturated carbocycles. The first-order chi connectivity index (χ1) is 12.8. The van der Waals surface area contributed by atoms with E-state index in [1.54, 1.807) is 24.3 Å². The predicted octanol–water partition coefficient (Wildman–Crippen LogP) is 3.03. The molecule has 1 aliphatic heterocycles. The number of fused-ring (bicyclic) bond motifs is 1. The van der Waals surface area contributed by atoms with Crippen LogP contribution in [-0.2, 0) is 20.5 Å². The molecule has 0 aromatic heterocycles. The second-order valence-corrected chi connectivity index (χ2v) is 5.56. The van der Waals surface area contributed by atoms with Crippen LogP contribution in [0.2, 0.25) is 0 Å².